The van der Waals surface area contributed by atoms with E-state index in [4.69, 9.17) is 4.74 Å². The van der Waals surface area contributed by atoms with Gasteiger partial charge in [0.1, 0.15) is 11.6 Å². The maximum atomic E-state index is 13.7. The van der Waals surface area contributed by atoms with Gasteiger partial charge in [-0.1, -0.05) is 6.07 Å². The van der Waals surface area contributed by atoms with Gasteiger partial charge in [-0.2, -0.15) is 0 Å². The number of rotatable bonds is 5. The van der Waals surface area contributed by atoms with Crippen molar-refractivity contribution in [1.29, 1.82) is 0 Å². The van der Waals surface area contributed by atoms with Gasteiger partial charge in [0.2, 0.25) is 0 Å². The Labute approximate surface area is 95.8 Å². The highest BCUT2D eigenvalue weighted by Gasteiger charge is 2.22. The number of benzene rings is 1. The molecule has 1 aromatic rings. The van der Waals surface area contributed by atoms with E-state index in [1.807, 2.05) is 20.0 Å². The maximum Gasteiger partial charge on any atom is 0.131 e. The fraction of sp³-hybridized carbons (Fsp3) is 0.538. The number of ether oxygens (including phenoxy) is 1. The highest BCUT2D eigenvalue weighted by Crippen LogP contribution is 2.30. The zero-order chi connectivity index (χ0) is 11.5. The van der Waals surface area contributed by atoms with Gasteiger partial charge >= 0.3 is 0 Å². The van der Waals surface area contributed by atoms with Crippen molar-refractivity contribution in [2.45, 2.75) is 25.8 Å². The van der Waals surface area contributed by atoms with E-state index in [1.54, 1.807) is 6.07 Å². The molecule has 1 fully saturated rings. The third-order valence-corrected chi connectivity index (χ3v) is 3.05. The Hall–Kier alpha value is -1.09. The summed E-state index contributed by atoms with van der Waals surface area (Å²) in [4.78, 5) is 0. The van der Waals surface area contributed by atoms with Gasteiger partial charge in [0.25, 0.3) is 0 Å². The highest BCUT2D eigenvalue weighted by atomic mass is 19.1. The smallest absolute Gasteiger partial charge is 0.131 e. The summed E-state index contributed by atoms with van der Waals surface area (Å²) < 4.78 is 19.2. The second-order valence-electron chi connectivity index (χ2n) is 4.45. The van der Waals surface area contributed by atoms with Crippen LogP contribution in [0.4, 0.5) is 4.39 Å². The van der Waals surface area contributed by atoms with Crippen molar-refractivity contribution in [3.8, 4) is 5.75 Å². The molecule has 1 aromatic carbocycles. The first-order valence-electron chi connectivity index (χ1n) is 5.80. The van der Waals surface area contributed by atoms with Crippen LogP contribution >= 0.6 is 0 Å². The van der Waals surface area contributed by atoms with Gasteiger partial charge in [-0.3, -0.25) is 0 Å². The third-order valence-electron chi connectivity index (χ3n) is 3.05. The van der Waals surface area contributed by atoms with Crippen molar-refractivity contribution >= 4 is 0 Å². The SMILES string of the molecule is CNC(C)c1ccc(OCC2CC2)cc1F. The predicted octanol–water partition coefficient (Wildman–Crippen LogP) is 2.89. The lowest BCUT2D eigenvalue weighted by Crippen LogP contribution is -2.13. The molecule has 0 aromatic heterocycles. The van der Waals surface area contributed by atoms with E-state index < -0.39 is 0 Å². The van der Waals surface area contributed by atoms with Crippen molar-refractivity contribution in [1.82, 2.24) is 5.32 Å². The van der Waals surface area contributed by atoms with Crippen molar-refractivity contribution in [2.24, 2.45) is 5.92 Å². The molecule has 0 heterocycles. The van der Waals surface area contributed by atoms with E-state index >= 15 is 0 Å². The van der Waals surface area contributed by atoms with Crippen molar-refractivity contribution in [3.05, 3.63) is 29.6 Å². The molecule has 3 heteroatoms. The summed E-state index contributed by atoms with van der Waals surface area (Å²) in [6, 6.07) is 5.14. The number of nitrogens with one attached hydrogen (secondary N) is 1. The Bertz CT molecular complexity index is 363. The summed E-state index contributed by atoms with van der Waals surface area (Å²) in [6.07, 6.45) is 2.49. The second kappa shape index (κ2) is 4.83. The van der Waals surface area contributed by atoms with E-state index in [9.17, 15) is 4.39 Å². The van der Waals surface area contributed by atoms with Crippen molar-refractivity contribution < 1.29 is 9.13 Å². The van der Waals surface area contributed by atoms with Gasteiger partial charge in [0, 0.05) is 17.7 Å². The molecule has 0 amide bonds. The summed E-state index contributed by atoms with van der Waals surface area (Å²) in [6.45, 7) is 2.66. The van der Waals surface area contributed by atoms with Crippen LogP contribution in [0.5, 0.6) is 5.75 Å². The largest absolute Gasteiger partial charge is 0.493 e. The standard InChI is InChI=1S/C13H18FNO/c1-9(15-2)12-6-5-11(7-13(12)14)16-8-10-3-4-10/h5-7,9-10,15H,3-4,8H2,1-2H3. The summed E-state index contributed by atoms with van der Waals surface area (Å²) in [5.74, 6) is 1.13. The molecular formula is C13H18FNO. The Kier molecular flexibility index (Phi) is 3.44. The first-order chi connectivity index (χ1) is 7.70. The van der Waals surface area contributed by atoms with Crippen LogP contribution in [-0.2, 0) is 0 Å². The molecule has 0 radical (unpaired) electrons. The summed E-state index contributed by atoms with van der Waals surface area (Å²) in [5, 5.41) is 3.02. The molecule has 1 aliphatic rings. The van der Waals surface area contributed by atoms with E-state index in [0.29, 0.717) is 17.2 Å². The predicted molar refractivity (Wildman–Crippen MR) is 62.1 cm³/mol. The molecule has 2 nitrogen and oxygen atoms in total. The molecule has 0 aliphatic heterocycles. The Morgan fingerprint density at radius 3 is 2.81 bits per heavy atom. The van der Waals surface area contributed by atoms with Gasteiger partial charge < -0.3 is 10.1 Å². The van der Waals surface area contributed by atoms with Gasteiger partial charge in [-0.05, 0) is 38.8 Å². The van der Waals surface area contributed by atoms with Crippen LogP contribution in [0.3, 0.4) is 0 Å². The van der Waals surface area contributed by atoms with Crippen LogP contribution in [0, 0.1) is 11.7 Å². The molecule has 0 saturated heterocycles. The van der Waals surface area contributed by atoms with E-state index in [2.05, 4.69) is 5.32 Å². The minimum atomic E-state index is -0.199. The lowest BCUT2D eigenvalue weighted by Gasteiger charge is -2.13. The zero-order valence-electron chi connectivity index (χ0n) is 9.79. The van der Waals surface area contributed by atoms with Gasteiger partial charge in [0.05, 0.1) is 6.61 Å². The average molecular weight is 223 g/mol. The highest BCUT2D eigenvalue weighted by molar-refractivity contribution is 5.30. The second-order valence-corrected chi connectivity index (χ2v) is 4.45. The van der Waals surface area contributed by atoms with Crippen LogP contribution in [0.1, 0.15) is 31.4 Å². The molecule has 1 N–H and O–H groups in total. The fourth-order valence-electron chi connectivity index (χ4n) is 1.60. The van der Waals surface area contributed by atoms with Gasteiger partial charge in [-0.25, -0.2) is 4.39 Å². The monoisotopic (exact) mass is 223 g/mol. The molecule has 88 valence electrons. The first kappa shape index (κ1) is 11.4. The van der Waals surface area contributed by atoms with Crippen molar-refractivity contribution in [3.63, 3.8) is 0 Å². The van der Waals surface area contributed by atoms with E-state index in [-0.39, 0.29) is 11.9 Å². The minimum Gasteiger partial charge on any atom is -0.493 e. The molecule has 1 aliphatic carbocycles. The molecule has 2 rings (SSSR count). The zero-order valence-corrected chi connectivity index (χ0v) is 9.79. The quantitative estimate of drug-likeness (QED) is 0.828. The summed E-state index contributed by atoms with van der Waals surface area (Å²) in [5.41, 5.74) is 0.682. The Balaban J connectivity index is 2.02. The lowest BCUT2D eigenvalue weighted by atomic mass is 10.1. The Morgan fingerprint density at radius 1 is 1.50 bits per heavy atom. The van der Waals surface area contributed by atoms with Crippen LogP contribution in [0.25, 0.3) is 0 Å². The number of hydrogen-bond acceptors (Lipinski definition) is 2. The number of hydrogen-bond donors (Lipinski definition) is 1. The molecule has 0 spiro atoms. The van der Waals surface area contributed by atoms with Gasteiger partial charge in [0.15, 0.2) is 0 Å². The van der Waals surface area contributed by atoms with Crippen LogP contribution in [0.15, 0.2) is 18.2 Å². The van der Waals surface area contributed by atoms with Gasteiger partial charge in [-0.15, -0.1) is 0 Å². The van der Waals surface area contributed by atoms with Crippen LogP contribution < -0.4 is 10.1 Å². The summed E-state index contributed by atoms with van der Waals surface area (Å²) in [7, 11) is 1.82. The molecule has 1 saturated carbocycles. The summed E-state index contributed by atoms with van der Waals surface area (Å²) >= 11 is 0. The van der Waals surface area contributed by atoms with Crippen molar-refractivity contribution in [2.75, 3.05) is 13.7 Å². The van der Waals surface area contributed by atoms with E-state index in [1.165, 1.54) is 18.9 Å². The Morgan fingerprint density at radius 2 is 2.25 bits per heavy atom. The average Bonchev–Trinajstić information content (AvgIpc) is 3.09. The molecule has 1 atom stereocenters. The minimum absolute atomic E-state index is 0.0254. The normalized spacial score (nSPS) is 17.2. The molecular weight excluding hydrogens is 205 g/mol. The van der Waals surface area contributed by atoms with Crippen LogP contribution in [-0.4, -0.2) is 13.7 Å². The van der Waals surface area contributed by atoms with E-state index in [0.717, 1.165) is 6.61 Å². The molecule has 1 unspecified atom stereocenters. The molecule has 0 bridgehead atoms. The number of halogens is 1. The topological polar surface area (TPSA) is 21.3 Å². The third kappa shape index (κ3) is 2.73. The van der Waals surface area contributed by atoms with Crippen LogP contribution in [0.2, 0.25) is 0 Å². The molecule has 16 heavy (non-hydrogen) atoms. The first-order valence-corrected chi connectivity index (χ1v) is 5.80. The maximum absolute atomic E-state index is 13.7. The lowest BCUT2D eigenvalue weighted by molar-refractivity contribution is 0.298. The fourth-order valence-corrected chi connectivity index (χ4v) is 1.60.